The Morgan fingerprint density at radius 3 is 2.77 bits per heavy atom. The quantitative estimate of drug-likeness (QED) is 0.863. The van der Waals surface area contributed by atoms with Gasteiger partial charge in [0.05, 0.1) is 24.5 Å². The lowest BCUT2D eigenvalue weighted by Crippen LogP contribution is -2.27. The Hall–Kier alpha value is -2.09. The van der Waals surface area contributed by atoms with Gasteiger partial charge in [-0.05, 0) is 12.1 Å². The number of carbonyl (C=O) groups excluding carboxylic acids is 1. The minimum Gasteiger partial charge on any atom is -0.311 e. The Labute approximate surface area is 129 Å². The van der Waals surface area contributed by atoms with Gasteiger partial charge in [-0.1, -0.05) is 11.6 Å². The maximum absolute atomic E-state index is 12.2. The van der Waals surface area contributed by atoms with Crippen LogP contribution in [0.15, 0.2) is 30.7 Å². The molecule has 0 N–H and O–H groups in total. The van der Waals surface area contributed by atoms with Gasteiger partial charge in [0.15, 0.2) is 5.15 Å². The van der Waals surface area contributed by atoms with E-state index in [1.54, 1.807) is 24.5 Å². The summed E-state index contributed by atoms with van der Waals surface area (Å²) in [4.78, 5) is 16.8. The van der Waals surface area contributed by atoms with Gasteiger partial charge in [0, 0.05) is 19.7 Å². The second-order valence-corrected chi connectivity index (χ2v) is 4.89. The van der Waals surface area contributed by atoms with E-state index < -0.39 is 24.9 Å². The zero-order chi connectivity index (χ0) is 16.3. The van der Waals surface area contributed by atoms with Crippen LogP contribution in [-0.2, 0) is 4.79 Å². The molecule has 0 radical (unpaired) electrons. The molecule has 0 aliphatic carbocycles. The van der Waals surface area contributed by atoms with Crippen LogP contribution in [-0.4, -0.2) is 33.9 Å². The molecular formula is C13H12ClF3N4O. The highest BCUT2D eigenvalue weighted by molar-refractivity contribution is 6.32. The van der Waals surface area contributed by atoms with Gasteiger partial charge in [0.2, 0.25) is 5.91 Å². The van der Waals surface area contributed by atoms with E-state index in [2.05, 4.69) is 10.1 Å². The third-order valence-corrected chi connectivity index (χ3v) is 3.19. The summed E-state index contributed by atoms with van der Waals surface area (Å²) in [5, 5.41) is 4.04. The molecule has 2 aromatic heterocycles. The van der Waals surface area contributed by atoms with Gasteiger partial charge < -0.3 is 4.90 Å². The largest absolute Gasteiger partial charge is 0.389 e. The van der Waals surface area contributed by atoms with Crippen molar-refractivity contribution in [1.82, 2.24) is 14.8 Å². The summed E-state index contributed by atoms with van der Waals surface area (Å²) in [5.74, 6) is -0.690. The van der Waals surface area contributed by atoms with Crippen LogP contribution in [0, 0.1) is 0 Å². The monoisotopic (exact) mass is 332 g/mol. The third kappa shape index (κ3) is 3.97. The van der Waals surface area contributed by atoms with Crippen LogP contribution in [0.4, 0.5) is 18.9 Å². The number of hydrogen-bond acceptors (Lipinski definition) is 3. The van der Waals surface area contributed by atoms with Gasteiger partial charge in [-0.15, -0.1) is 0 Å². The van der Waals surface area contributed by atoms with E-state index in [0.717, 1.165) is 4.90 Å². The Balaban J connectivity index is 2.15. The first-order chi connectivity index (χ1) is 10.3. The number of hydrogen-bond donors (Lipinski definition) is 0. The summed E-state index contributed by atoms with van der Waals surface area (Å²) in [7, 11) is 1.36. The number of aromatic nitrogens is 3. The van der Waals surface area contributed by atoms with E-state index in [4.69, 9.17) is 11.6 Å². The predicted octanol–water partition coefficient (Wildman–Crippen LogP) is 3.23. The molecule has 22 heavy (non-hydrogen) atoms. The highest BCUT2D eigenvalue weighted by atomic mass is 35.5. The van der Waals surface area contributed by atoms with Crippen molar-refractivity contribution in [3.63, 3.8) is 0 Å². The smallest absolute Gasteiger partial charge is 0.311 e. The van der Waals surface area contributed by atoms with Crippen molar-refractivity contribution >= 4 is 23.2 Å². The van der Waals surface area contributed by atoms with Crippen LogP contribution in [0.3, 0.4) is 0 Å². The summed E-state index contributed by atoms with van der Waals surface area (Å²) in [6.45, 7) is 0. The van der Waals surface area contributed by atoms with Crippen LogP contribution >= 0.6 is 11.6 Å². The van der Waals surface area contributed by atoms with Gasteiger partial charge in [-0.25, -0.2) is 4.68 Å². The molecule has 0 bridgehead atoms. The van der Waals surface area contributed by atoms with Crippen LogP contribution in [0.5, 0.6) is 0 Å². The number of pyridine rings is 1. The number of alkyl halides is 3. The lowest BCUT2D eigenvalue weighted by Gasteiger charge is -2.16. The Bertz CT molecular complexity index is 657. The molecule has 0 atom stereocenters. The normalized spacial score (nSPS) is 11.5. The lowest BCUT2D eigenvalue weighted by atomic mass is 10.2. The summed E-state index contributed by atoms with van der Waals surface area (Å²) >= 11 is 5.96. The molecule has 5 nitrogen and oxygen atoms in total. The first-order valence-electron chi connectivity index (χ1n) is 6.27. The fourth-order valence-corrected chi connectivity index (χ4v) is 2.00. The van der Waals surface area contributed by atoms with Crippen molar-refractivity contribution in [2.24, 2.45) is 0 Å². The van der Waals surface area contributed by atoms with Gasteiger partial charge in [0.1, 0.15) is 5.69 Å². The number of carbonyl (C=O) groups is 1. The number of nitrogens with zero attached hydrogens (tertiary/aromatic N) is 4. The highest BCUT2D eigenvalue weighted by Gasteiger charge is 2.29. The number of amides is 1. The van der Waals surface area contributed by atoms with Crippen LogP contribution < -0.4 is 4.90 Å². The SMILES string of the molecule is CN(C(=O)CCC(F)(F)F)c1cn(-c2cccnc2)nc1Cl. The molecule has 2 rings (SSSR count). The zero-order valence-electron chi connectivity index (χ0n) is 11.5. The molecule has 2 heterocycles. The van der Waals surface area contributed by atoms with Gasteiger partial charge in [-0.3, -0.25) is 9.78 Å². The fraction of sp³-hybridized carbons (Fsp3) is 0.308. The van der Waals surface area contributed by atoms with E-state index in [9.17, 15) is 18.0 Å². The average molecular weight is 333 g/mol. The number of rotatable bonds is 4. The third-order valence-electron chi connectivity index (χ3n) is 2.92. The van der Waals surface area contributed by atoms with Gasteiger partial charge >= 0.3 is 6.18 Å². The van der Waals surface area contributed by atoms with Crippen molar-refractivity contribution < 1.29 is 18.0 Å². The Morgan fingerprint density at radius 2 is 2.18 bits per heavy atom. The molecule has 118 valence electrons. The second-order valence-electron chi connectivity index (χ2n) is 4.53. The maximum Gasteiger partial charge on any atom is 0.389 e. The van der Waals surface area contributed by atoms with Gasteiger partial charge in [0.25, 0.3) is 0 Å². The van der Waals surface area contributed by atoms with Crippen molar-refractivity contribution in [2.75, 3.05) is 11.9 Å². The van der Waals surface area contributed by atoms with E-state index in [1.807, 2.05) is 0 Å². The molecule has 0 unspecified atom stereocenters. The van der Waals surface area contributed by atoms with Crippen LogP contribution in [0.25, 0.3) is 5.69 Å². The first-order valence-corrected chi connectivity index (χ1v) is 6.64. The second kappa shape index (κ2) is 6.35. The van der Waals surface area contributed by atoms with Crippen LogP contribution in [0.2, 0.25) is 5.15 Å². The highest BCUT2D eigenvalue weighted by Crippen LogP contribution is 2.27. The summed E-state index contributed by atoms with van der Waals surface area (Å²) in [5.41, 5.74) is 0.851. The molecule has 2 aromatic rings. The maximum atomic E-state index is 12.2. The topological polar surface area (TPSA) is 51.0 Å². The molecule has 0 saturated carbocycles. The van der Waals surface area contributed by atoms with Crippen molar-refractivity contribution in [3.05, 3.63) is 35.9 Å². The van der Waals surface area contributed by atoms with Gasteiger partial charge in [-0.2, -0.15) is 18.3 Å². The Morgan fingerprint density at radius 1 is 1.45 bits per heavy atom. The summed E-state index contributed by atoms with van der Waals surface area (Å²) in [6, 6.07) is 3.42. The van der Waals surface area contributed by atoms with Crippen molar-refractivity contribution in [2.45, 2.75) is 19.0 Å². The molecule has 1 amide bonds. The summed E-state index contributed by atoms with van der Waals surface area (Å²) < 4.78 is 37.9. The first kappa shape index (κ1) is 16.3. The molecule has 0 saturated heterocycles. The van der Waals surface area contributed by atoms with Crippen molar-refractivity contribution in [3.8, 4) is 5.69 Å². The fourth-order valence-electron chi connectivity index (χ4n) is 1.74. The van der Waals surface area contributed by atoms with E-state index >= 15 is 0 Å². The molecule has 0 spiro atoms. The zero-order valence-corrected chi connectivity index (χ0v) is 12.3. The van der Waals surface area contributed by atoms with Crippen molar-refractivity contribution in [1.29, 1.82) is 0 Å². The van der Waals surface area contributed by atoms with E-state index in [1.165, 1.54) is 17.9 Å². The molecule has 0 aliphatic heterocycles. The summed E-state index contributed by atoms with van der Waals surface area (Å²) in [6.07, 6.45) is -1.61. The average Bonchev–Trinajstić information content (AvgIpc) is 2.86. The molecular weight excluding hydrogens is 321 g/mol. The molecule has 0 fully saturated rings. The minimum absolute atomic E-state index is 0.0201. The standard InChI is InChI=1S/C13H12ClF3N4O/c1-20(11(22)4-5-13(15,16)17)10-8-21(19-12(10)14)9-3-2-6-18-7-9/h2-3,6-8H,4-5H2,1H3. The Kier molecular flexibility index (Phi) is 4.70. The van der Waals surface area contributed by atoms with Crippen LogP contribution in [0.1, 0.15) is 12.8 Å². The molecule has 0 aromatic carbocycles. The molecule has 0 aliphatic rings. The molecule has 9 heteroatoms. The predicted molar refractivity (Wildman–Crippen MR) is 75.1 cm³/mol. The van der Waals surface area contributed by atoms with E-state index in [-0.39, 0.29) is 10.8 Å². The number of halogens is 4. The lowest BCUT2D eigenvalue weighted by molar-refractivity contribution is -0.142. The minimum atomic E-state index is -4.37. The van der Waals surface area contributed by atoms with E-state index in [0.29, 0.717) is 5.69 Å². The number of anilines is 1.